The first kappa shape index (κ1) is 17.9. The average molecular weight is 373 g/mol. The number of halogens is 1. The zero-order chi connectivity index (χ0) is 18.8. The second-order valence-corrected chi connectivity index (χ2v) is 6.90. The summed E-state index contributed by atoms with van der Waals surface area (Å²) in [6.07, 6.45) is 4.89. The van der Waals surface area contributed by atoms with Crippen LogP contribution >= 0.6 is 0 Å². The van der Waals surface area contributed by atoms with E-state index in [1.165, 1.54) is 0 Å². The number of ether oxygens (including phenoxy) is 1. The van der Waals surface area contributed by atoms with Crippen molar-refractivity contribution in [1.82, 2.24) is 20.4 Å². The molecule has 1 aliphatic carbocycles. The highest BCUT2D eigenvalue weighted by Gasteiger charge is 2.44. The molecule has 3 atom stereocenters. The molecular formula is C19H24FN5O2. The molecule has 3 unspecified atom stereocenters. The van der Waals surface area contributed by atoms with Crippen LogP contribution in [0.1, 0.15) is 30.5 Å². The molecule has 0 saturated heterocycles. The van der Waals surface area contributed by atoms with E-state index in [4.69, 9.17) is 4.74 Å². The van der Waals surface area contributed by atoms with Crippen LogP contribution in [-0.4, -0.2) is 41.1 Å². The Morgan fingerprint density at radius 1 is 1.48 bits per heavy atom. The first-order valence-electron chi connectivity index (χ1n) is 9.36. The number of anilines is 1. The number of amides is 2. The van der Waals surface area contributed by atoms with Crippen molar-refractivity contribution in [3.05, 3.63) is 47.5 Å². The Bertz CT molecular complexity index is 811. The number of nitrogens with one attached hydrogen (secondary N) is 3. The minimum atomic E-state index is -0.417. The minimum Gasteiger partial charge on any atom is -0.376 e. The SMILES string of the molecule is CCOC1CC(NC(=O)Nc2ccc3c(c2F)CCNC3)C1n1cccn1. The van der Waals surface area contributed by atoms with Crippen molar-refractivity contribution in [2.75, 3.05) is 18.5 Å². The maximum atomic E-state index is 14.7. The number of benzene rings is 1. The first-order valence-corrected chi connectivity index (χ1v) is 9.36. The topological polar surface area (TPSA) is 80.2 Å². The second-order valence-electron chi connectivity index (χ2n) is 6.90. The molecule has 144 valence electrons. The molecule has 0 bridgehead atoms. The van der Waals surface area contributed by atoms with Crippen molar-refractivity contribution in [3.8, 4) is 0 Å². The normalized spacial score (nSPS) is 24.0. The van der Waals surface area contributed by atoms with Crippen molar-refractivity contribution in [3.63, 3.8) is 0 Å². The summed E-state index contributed by atoms with van der Waals surface area (Å²) in [5.74, 6) is -0.339. The maximum Gasteiger partial charge on any atom is 0.319 e. The third-order valence-electron chi connectivity index (χ3n) is 5.26. The van der Waals surface area contributed by atoms with Gasteiger partial charge in [-0.1, -0.05) is 6.07 Å². The molecular weight excluding hydrogens is 349 g/mol. The summed E-state index contributed by atoms with van der Waals surface area (Å²) in [6.45, 7) is 3.95. The quantitative estimate of drug-likeness (QED) is 0.751. The fourth-order valence-electron chi connectivity index (χ4n) is 3.89. The Morgan fingerprint density at radius 2 is 2.37 bits per heavy atom. The van der Waals surface area contributed by atoms with Crippen LogP contribution in [0.3, 0.4) is 0 Å². The van der Waals surface area contributed by atoms with Gasteiger partial charge in [-0.25, -0.2) is 9.18 Å². The van der Waals surface area contributed by atoms with Crippen molar-refractivity contribution < 1.29 is 13.9 Å². The highest BCUT2D eigenvalue weighted by atomic mass is 19.1. The lowest BCUT2D eigenvalue weighted by Crippen LogP contribution is -2.57. The molecule has 1 aliphatic heterocycles. The number of nitrogens with zero attached hydrogens (tertiary/aromatic N) is 2. The van der Waals surface area contributed by atoms with Gasteiger partial charge in [-0.05, 0) is 49.6 Å². The number of rotatable bonds is 5. The molecule has 2 amide bonds. The molecule has 1 aromatic carbocycles. The largest absolute Gasteiger partial charge is 0.376 e. The molecule has 1 fully saturated rings. The van der Waals surface area contributed by atoms with E-state index in [0.717, 1.165) is 12.1 Å². The maximum absolute atomic E-state index is 14.7. The predicted molar refractivity (Wildman–Crippen MR) is 99.0 cm³/mol. The third-order valence-corrected chi connectivity index (χ3v) is 5.26. The molecule has 1 aromatic heterocycles. The van der Waals surface area contributed by atoms with Gasteiger partial charge in [0.05, 0.1) is 23.9 Å². The molecule has 0 radical (unpaired) electrons. The Labute approximate surface area is 157 Å². The molecule has 0 spiro atoms. The molecule has 27 heavy (non-hydrogen) atoms. The van der Waals surface area contributed by atoms with Gasteiger partial charge in [0.1, 0.15) is 5.82 Å². The number of aromatic nitrogens is 2. The van der Waals surface area contributed by atoms with E-state index in [1.807, 2.05) is 25.3 Å². The molecule has 4 rings (SSSR count). The summed E-state index contributed by atoms with van der Waals surface area (Å²) in [7, 11) is 0. The van der Waals surface area contributed by atoms with Gasteiger partial charge in [0.25, 0.3) is 0 Å². The summed E-state index contributed by atoms with van der Waals surface area (Å²) in [5, 5.41) is 13.1. The minimum absolute atomic E-state index is 0.00757. The van der Waals surface area contributed by atoms with Gasteiger partial charge in [0.2, 0.25) is 0 Å². The van der Waals surface area contributed by atoms with Crippen LogP contribution in [0, 0.1) is 5.82 Å². The van der Waals surface area contributed by atoms with Gasteiger partial charge in [-0.15, -0.1) is 0 Å². The van der Waals surface area contributed by atoms with E-state index >= 15 is 0 Å². The lowest BCUT2D eigenvalue weighted by Gasteiger charge is -2.44. The molecule has 2 heterocycles. The van der Waals surface area contributed by atoms with E-state index in [1.54, 1.807) is 16.9 Å². The van der Waals surface area contributed by atoms with Gasteiger partial charge in [0, 0.05) is 25.5 Å². The van der Waals surface area contributed by atoms with Crippen molar-refractivity contribution in [1.29, 1.82) is 0 Å². The number of carbonyl (C=O) groups is 1. The van der Waals surface area contributed by atoms with Crippen molar-refractivity contribution in [2.45, 2.75) is 44.5 Å². The lowest BCUT2D eigenvalue weighted by molar-refractivity contribution is -0.0571. The van der Waals surface area contributed by atoms with E-state index in [9.17, 15) is 9.18 Å². The van der Waals surface area contributed by atoms with Crippen LogP contribution in [0.25, 0.3) is 0 Å². The number of carbonyl (C=O) groups excluding carboxylic acids is 1. The van der Waals surface area contributed by atoms with E-state index in [-0.39, 0.29) is 29.7 Å². The second kappa shape index (κ2) is 7.66. The summed E-state index contributed by atoms with van der Waals surface area (Å²) in [5.41, 5.74) is 1.84. The molecule has 2 aromatic rings. The van der Waals surface area contributed by atoms with Crippen LogP contribution in [-0.2, 0) is 17.7 Å². The zero-order valence-electron chi connectivity index (χ0n) is 15.2. The van der Waals surface area contributed by atoms with E-state index in [2.05, 4.69) is 21.0 Å². The third kappa shape index (κ3) is 3.54. The summed E-state index contributed by atoms with van der Waals surface area (Å²) >= 11 is 0. The number of fused-ring (bicyclic) bond motifs is 1. The predicted octanol–water partition coefficient (Wildman–Crippen LogP) is 2.21. The zero-order valence-corrected chi connectivity index (χ0v) is 15.2. The summed E-state index contributed by atoms with van der Waals surface area (Å²) in [6, 6.07) is 4.73. The average Bonchev–Trinajstić information content (AvgIpc) is 3.17. The number of urea groups is 1. The smallest absolute Gasteiger partial charge is 0.319 e. The van der Waals surface area contributed by atoms with Crippen LogP contribution in [0.5, 0.6) is 0 Å². The molecule has 2 aliphatic rings. The Hall–Kier alpha value is -2.45. The Balaban J connectivity index is 1.42. The van der Waals surface area contributed by atoms with Crippen molar-refractivity contribution >= 4 is 11.7 Å². The van der Waals surface area contributed by atoms with Gasteiger partial charge in [-0.3, -0.25) is 4.68 Å². The molecule has 7 nitrogen and oxygen atoms in total. The van der Waals surface area contributed by atoms with Gasteiger partial charge < -0.3 is 20.7 Å². The molecule has 8 heteroatoms. The Kier molecular flexibility index (Phi) is 5.09. The number of hydrogen-bond donors (Lipinski definition) is 3. The van der Waals surface area contributed by atoms with Gasteiger partial charge in [0.15, 0.2) is 0 Å². The number of hydrogen-bond acceptors (Lipinski definition) is 4. The van der Waals surface area contributed by atoms with E-state index < -0.39 is 6.03 Å². The highest BCUT2D eigenvalue weighted by molar-refractivity contribution is 5.90. The lowest BCUT2D eigenvalue weighted by atomic mass is 9.83. The summed E-state index contributed by atoms with van der Waals surface area (Å²) in [4.78, 5) is 12.4. The fourth-order valence-corrected chi connectivity index (χ4v) is 3.89. The highest BCUT2D eigenvalue weighted by Crippen LogP contribution is 2.35. The summed E-state index contributed by atoms with van der Waals surface area (Å²) < 4.78 is 22.2. The molecule has 3 N–H and O–H groups in total. The van der Waals surface area contributed by atoms with Gasteiger partial charge >= 0.3 is 6.03 Å². The van der Waals surface area contributed by atoms with Crippen LogP contribution in [0.2, 0.25) is 0 Å². The van der Waals surface area contributed by atoms with E-state index in [0.29, 0.717) is 31.6 Å². The standard InChI is InChI=1S/C19H24FN5O2/c1-2-27-16-10-15(18(16)25-9-3-7-22-25)24-19(26)23-14-5-4-12-11-21-8-6-13(12)17(14)20/h3-5,7,9,15-16,18,21H,2,6,8,10-11H2,1H3,(H2,23,24,26). The fraction of sp³-hybridized carbons (Fsp3) is 0.474. The van der Waals surface area contributed by atoms with Crippen molar-refractivity contribution in [2.24, 2.45) is 0 Å². The first-order chi connectivity index (χ1) is 13.2. The van der Waals surface area contributed by atoms with Crippen LogP contribution in [0.4, 0.5) is 14.9 Å². The monoisotopic (exact) mass is 373 g/mol. The molecule has 1 saturated carbocycles. The van der Waals surface area contributed by atoms with Gasteiger partial charge in [-0.2, -0.15) is 5.10 Å². The Morgan fingerprint density at radius 3 is 3.15 bits per heavy atom. The van der Waals surface area contributed by atoms with Crippen LogP contribution in [0.15, 0.2) is 30.6 Å². The van der Waals surface area contributed by atoms with Crippen LogP contribution < -0.4 is 16.0 Å².